The van der Waals surface area contributed by atoms with Crippen LogP contribution in [0.3, 0.4) is 0 Å². The molecule has 3 rings (SSSR count). The molecule has 0 N–H and O–H groups in total. The molecule has 0 saturated carbocycles. The number of piperidine rings is 1. The van der Waals surface area contributed by atoms with Crippen LogP contribution in [0.4, 0.5) is 4.39 Å². The Hall–Kier alpha value is -2.62. The van der Waals surface area contributed by atoms with E-state index in [0.717, 1.165) is 24.0 Å². The minimum absolute atomic E-state index is 0.342. The van der Waals surface area contributed by atoms with Crippen molar-refractivity contribution in [1.82, 2.24) is 4.31 Å². The van der Waals surface area contributed by atoms with Gasteiger partial charge >= 0.3 is 0 Å². The van der Waals surface area contributed by atoms with Crippen molar-refractivity contribution >= 4 is 10.0 Å². The van der Waals surface area contributed by atoms with Crippen molar-refractivity contribution in [2.24, 2.45) is 0 Å². The van der Waals surface area contributed by atoms with Crippen LogP contribution in [0.1, 0.15) is 29.9 Å². The summed E-state index contributed by atoms with van der Waals surface area (Å²) in [6, 6.07) is 13.8. The molecule has 1 fully saturated rings. The van der Waals surface area contributed by atoms with E-state index in [1.807, 2.05) is 24.3 Å². The molecule has 1 aliphatic rings. The van der Waals surface area contributed by atoms with Gasteiger partial charge in [-0.3, -0.25) is 0 Å². The average molecular weight is 399 g/mol. The fraction of sp³-hybridized carbons (Fsp3) is 0.273. The molecule has 146 valence electrons. The number of benzene rings is 2. The molecule has 0 amide bonds. The van der Waals surface area contributed by atoms with E-state index >= 15 is 0 Å². The van der Waals surface area contributed by atoms with Crippen LogP contribution in [0.15, 0.2) is 60.0 Å². The second-order valence-electron chi connectivity index (χ2n) is 6.57. The van der Waals surface area contributed by atoms with Crippen molar-refractivity contribution in [3.63, 3.8) is 0 Å². The van der Waals surface area contributed by atoms with Gasteiger partial charge in [0, 0.05) is 24.7 Å². The largest absolute Gasteiger partial charge is 0.497 e. The van der Waals surface area contributed by atoms with Crippen molar-refractivity contribution in [1.29, 1.82) is 0 Å². The molecule has 28 heavy (non-hydrogen) atoms. The molecule has 0 unspecified atom stereocenters. The summed E-state index contributed by atoms with van der Waals surface area (Å²) in [4.78, 5) is 0. The molecular weight excluding hydrogens is 377 g/mol. The van der Waals surface area contributed by atoms with Gasteiger partial charge in [0.25, 0.3) is 0 Å². The smallest absolute Gasteiger partial charge is 0.236 e. The summed E-state index contributed by atoms with van der Waals surface area (Å²) < 4.78 is 44.7. The minimum atomic E-state index is -3.51. The third-order valence-electron chi connectivity index (χ3n) is 4.77. The second kappa shape index (κ2) is 9.05. The zero-order valence-corrected chi connectivity index (χ0v) is 16.5. The molecule has 2 aromatic rings. The highest BCUT2D eigenvalue weighted by atomic mass is 32.2. The Morgan fingerprint density at radius 2 is 1.86 bits per heavy atom. The number of hydrogen-bond acceptors (Lipinski definition) is 3. The SMILES string of the molecule is COc1ccc(C2CCN(S(=O)(=O)C=CC#Cc3cccc(F)c3)CC2)cc1. The van der Waals surface area contributed by atoms with Gasteiger partial charge in [-0.2, -0.15) is 4.31 Å². The zero-order valence-electron chi connectivity index (χ0n) is 15.6. The Morgan fingerprint density at radius 3 is 2.50 bits per heavy atom. The van der Waals surface area contributed by atoms with Gasteiger partial charge in [-0.1, -0.05) is 30.0 Å². The molecular formula is C22H22FNO3S. The molecule has 4 nitrogen and oxygen atoms in total. The van der Waals surface area contributed by atoms with Gasteiger partial charge in [-0.15, -0.1) is 0 Å². The van der Waals surface area contributed by atoms with Crippen LogP contribution in [0.5, 0.6) is 5.75 Å². The Balaban J connectivity index is 1.58. The lowest BCUT2D eigenvalue weighted by atomic mass is 9.90. The Morgan fingerprint density at radius 1 is 1.14 bits per heavy atom. The van der Waals surface area contributed by atoms with E-state index in [-0.39, 0.29) is 5.82 Å². The molecule has 0 spiro atoms. The van der Waals surface area contributed by atoms with Gasteiger partial charge in [0.1, 0.15) is 11.6 Å². The van der Waals surface area contributed by atoms with Crippen molar-refractivity contribution < 1.29 is 17.5 Å². The average Bonchev–Trinajstić information content (AvgIpc) is 2.71. The fourth-order valence-electron chi connectivity index (χ4n) is 3.22. The van der Waals surface area contributed by atoms with Crippen molar-refractivity contribution in [2.45, 2.75) is 18.8 Å². The lowest BCUT2D eigenvalue weighted by Crippen LogP contribution is -2.36. The third-order valence-corrected chi connectivity index (χ3v) is 6.33. The quantitative estimate of drug-likeness (QED) is 0.733. The number of nitrogens with zero attached hydrogens (tertiary/aromatic N) is 1. The number of allylic oxidation sites excluding steroid dienone is 1. The zero-order chi connectivity index (χ0) is 20.0. The van der Waals surface area contributed by atoms with Crippen molar-refractivity contribution in [2.75, 3.05) is 20.2 Å². The number of methoxy groups -OCH3 is 1. The highest BCUT2D eigenvalue weighted by Gasteiger charge is 2.26. The summed E-state index contributed by atoms with van der Waals surface area (Å²) in [5.74, 6) is 6.17. The highest BCUT2D eigenvalue weighted by molar-refractivity contribution is 7.92. The van der Waals surface area contributed by atoms with Crippen LogP contribution in [-0.2, 0) is 10.0 Å². The second-order valence-corrected chi connectivity index (χ2v) is 8.39. The first-order valence-corrected chi connectivity index (χ1v) is 10.6. The molecule has 0 aromatic heterocycles. The lowest BCUT2D eigenvalue weighted by molar-refractivity contribution is 0.322. The summed E-state index contributed by atoms with van der Waals surface area (Å²) in [6.07, 6.45) is 2.85. The predicted molar refractivity (Wildman–Crippen MR) is 108 cm³/mol. The molecule has 0 bridgehead atoms. The molecule has 1 aliphatic heterocycles. The van der Waals surface area contributed by atoms with E-state index in [0.29, 0.717) is 24.6 Å². The fourth-order valence-corrected chi connectivity index (χ4v) is 4.35. The Kier molecular flexibility index (Phi) is 6.50. The maximum absolute atomic E-state index is 13.1. The molecule has 0 atom stereocenters. The summed E-state index contributed by atoms with van der Waals surface area (Å²) in [6.45, 7) is 0.946. The van der Waals surface area contributed by atoms with Crippen LogP contribution >= 0.6 is 0 Å². The number of ether oxygens (including phenoxy) is 1. The van der Waals surface area contributed by atoms with Gasteiger partial charge in [-0.25, -0.2) is 12.8 Å². The van der Waals surface area contributed by atoms with E-state index in [1.54, 1.807) is 19.2 Å². The van der Waals surface area contributed by atoms with Gasteiger partial charge < -0.3 is 4.74 Å². The van der Waals surface area contributed by atoms with Crippen LogP contribution in [0.2, 0.25) is 0 Å². The first-order chi connectivity index (χ1) is 13.5. The summed E-state index contributed by atoms with van der Waals surface area (Å²) in [5.41, 5.74) is 1.71. The van der Waals surface area contributed by atoms with Crippen LogP contribution in [-0.4, -0.2) is 32.9 Å². The van der Waals surface area contributed by atoms with Gasteiger partial charge in [0.15, 0.2) is 0 Å². The lowest BCUT2D eigenvalue weighted by Gasteiger charge is -2.30. The third kappa shape index (κ3) is 5.22. The van der Waals surface area contributed by atoms with Crippen molar-refractivity contribution in [3.05, 3.63) is 77.0 Å². The predicted octanol–water partition coefficient (Wildman–Crippen LogP) is 3.91. The van der Waals surface area contributed by atoms with Crippen LogP contribution < -0.4 is 4.74 Å². The van der Waals surface area contributed by atoms with Gasteiger partial charge in [0.2, 0.25) is 10.0 Å². The molecule has 0 aliphatic carbocycles. The standard InChI is InChI=1S/C22H22FNO3S/c1-27-22-10-8-19(9-11-22)20-12-14-24(15-13-20)28(25,26)16-3-2-5-18-6-4-7-21(23)17-18/h3-4,6-11,16-17,20H,12-15H2,1H3. The normalized spacial score (nSPS) is 15.9. The maximum atomic E-state index is 13.1. The number of hydrogen-bond donors (Lipinski definition) is 0. The molecule has 1 saturated heterocycles. The van der Waals surface area contributed by atoms with Crippen molar-refractivity contribution in [3.8, 4) is 17.6 Å². The van der Waals surface area contributed by atoms with E-state index in [4.69, 9.17) is 4.74 Å². The summed E-state index contributed by atoms with van der Waals surface area (Å²) >= 11 is 0. The Labute approximate surface area is 165 Å². The minimum Gasteiger partial charge on any atom is -0.497 e. The molecule has 2 aromatic carbocycles. The van der Waals surface area contributed by atoms with E-state index in [2.05, 4.69) is 11.8 Å². The maximum Gasteiger partial charge on any atom is 0.236 e. The van der Waals surface area contributed by atoms with E-state index in [9.17, 15) is 12.8 Å². The summed E-state index contributed by atoms with van der Waals surface area (Å²) in [7, 11) is -1.87. The summed E-state index contributed by atoms with van der Waals surface area (Å²) in [5, 5.41) is 1.12. The number of sulfonamides is 1. The Bertz CT molecular complexity index is 996. The highest BCUT2D eigenvalue weighted by Crippen LogP contribution is 2.30. The van der Waals surface area contributed by atoms with E-state index < -0.39 is 10.0 Å². The molecule has 6 heteroatoms. The topological polar surface area (TPSA) is 46.6 Å². The molecule has 1 heterocycles. The first-order valence-electron chi connectivity index (χ1n) is 9.06. The van der Waals surface area contributed by atoms with E-state index in [1.165, 1.54) is 28.1 Å². The number of rotatable bonds is 4. The first kappa shape index (κ1) is 20.1. The van der Waals surface area contributed by atoms with Gasteiger partial charge in [0.05, 0.1) is 12.5 Å². The van der Waals surface area contributed by atoms with Crippen LogP contribution in [0.25, 0.3) is 0 Å². The number of halogens is 1. The van der Waals surface area contributed by atoms with Gasteiger partial charge in [-0.05, 0) is 54.7 Å². The monoisotopic (exact) mass is 399 g/mol. The molecule has 0 radical (unpaired) electrons. The van der Waals surface area contributed by atoms with Crippen LogP contribution in [0, 0.1) is 17.7 Å².